The van der Waals surface area contributed by atoms with Gasteiger partial charge < -0.3 is 16.4 Å². The lowest BCUT2D eigenvalue weighted by Crippen LogP contribution is -2.25. The summed E-state index contributed by atoms with van der Waals surface area (Å²) in [4.78, 5) is 5.74. The molecule has 0 atom stereocenters. The Bertz CT molecular complexity index is 219. The summed E-state index contributed by atoms with van der Waals surface area (Å²) in [6.45, 7) is 1.29. The molecule has 1 aromatic heterocycles. The molecule has 0 bridgehead atoms. The van der Waals surface area contributed by atoms with E-state index < -0.39 is 0 Å². The highest BCUT2D eigenvalue weighted by atomic mass is 15.4. The van der Waals surface area contributed by atoms with Crippen LogP contribution in [0.4, 0.5) is 11.9 Å². The highest BCUT2D eigenvalue weighted by Crippen LogP contribution is 2.03. The van der Waals surface area contributed by atoms with Gasteiger partial charge in [-0.05, 0) is 0 Å². The van der Waals surface area contributed by atoms with Gasteiger partial charge in [-0.15, -0.1) is 5.10 Å². The summed E-state index contributed by atoms with van der Waals surface area (Å²) < 4.78 is 0. The first-order valence-corrected chi connectivity index (χ1v) is 3.33. The molecule has 0 fully saturated rings. The second-order valence-electron chi connectivity index (χ2n) is 2.23. The van der Waals surface area contributed by atoms with Gasteiger partial charge in [-0.3, -0.25) is 0 Å². The summed E-state index contributed by atoms with van der Waals surface area (Å²) in [7, 11) is 1.86. The van der Waals surface area contributed by atoms with Crippen molar-refractivity contribution in [3.63, 3.8) is 0 Å². The Morgan fingerprint density at radius 1 is 1.64 bits per heavy atom. The molecule has 0 radical (unpaired) electrons. The van der Waals surface area contributed by atoms with E-state index in [4.69, 9.17) is 11.5 Å². The Balaban J connectivity index is 2.60. The minimum Gasteiger partial charge on any atom is -0.368 e. The Kier molecular flexibility index (Phi) is 2.27. The van der Waals surface area contributed by atoms with E-state index in [1.165, 1.54) is 0 Å². The van der Waals surface area contributed by atoms with Gasteiger partial charge in [-0.25, -0.2) is 5.10 Å². The van der Waals surface area contributed by atoms with Gasteiger partial charge >= 0.3 is 0 Å². The van der Waals surface area contributed by atoms with E-state index in [1.807, 2.05) is 11.9 Å². The monoisotopic (exact) mass is 156 g/mol. The number of aromatic nitrogens is 3. The Morgan fingerprint density at radius 3 is 2.82 bits per heavy atom. The molecule has 0 saturated heterocycles. The fourth-order valence-corrected chi connectivity index (χ4v) is 0.729. The predicted molar refractivity (Wildman–Crippen MR) is 43.1 cm³/mol. The Labute approximate surface area is 64.6 Å². The molecule has 0 aliphatic heterocycles. The smallest absolute Gasteiger partial charge is 0.246 e. The number of likely N-dealkylation sites (N-methyl/N-ethyl adjacent to an activating group) is 1. The normalized spacial score (nSPS) is 10.0. The maximum atomic E-state index is 5.33. The topological polar surface area (TPSA) is 96.8 Å². The zero-order valence-corrected chi connectivity index (χ0v) is 6.41. The number of nitrogens with two attached hydrogens (primary N) is 2. The number of hydrogen-bond acceptors (Lipinski definition) is 5. The van der Waals surface area contributed by atoms with Crippen LogP contribution in [0.5, 0.6) is 0 Å². The van der Waals surface area contributed by atoms with Gasteiger partial charge in [0.1, 0.15) is 0 Å². The lowest BCUT2D eigenvalue weighted by atomic mass is 10.6. The second kappa shape index (κ2) is 3.20. The summed E-state index contributed by atoms with van der Waals surface area (Å²) in [5.74, 6) is 0.900. The minimum atomic E-state index is 0.323. The molecule has 0 spiro atoms. The van der Waals surface area contributed by atoms with E-state index >= 15 is 0 Å². The molecule has 6 nitrogen and oxygen atoms in total. The fourth-order valence-electron chi connectivity index (χ4n) is 0.729. The lowest BCUT2D eigenvalue weighted by Gasteiger charge is -2.11. The van der Waals surface area contributed by atoms with Gasteiger partial charge in [0.25, 0.3) is 0 Å². The van der Waals surface area contributed by atoms with Gasteiger partial charge in [0, 0.05) is 20.1 Å². The first-order chi connectivity index (χ1) is 5.24. The van der Waals surface area contributed by atoms with Gasteiger partial charge in [0.05, 0.1) is 0 Å². The summed E-state index contributed by atoms with van der Waals surface area (Å²) in [6, 6.07) is 0. The zero-order chi connectivity index (χ0) is 8.27. The van der Waals surface area contributed by atoms with E-state index in [9.17, 15) is 0 Å². The van der Waals surface area contributed by atoms with E-state index in [0.717, 1.165) is 6.54 Å². The van der Waals surface area contributed by atoms with Crippen molar-refractivity contribution in [1.82, 2.24) is 15.2 Å². The van der Waals surface area contributed by atoms with Crippen molar-refractivity contribution < 1.29 is 0 Å². The summed E-state index contributed by atoms with van der Waals surface area (Å²) in [5, 5.41) is 6.39. The molecular weight excluding hydrogens is 144 g/mol. The molecule has 0 saturated carbocycles. The minimum absolute atomic E-state index is 0.323. The standard InChI is InChI=1S/C5H12N6/c1-11(3-2-6)5-8-4(7)9-10-5/h2-3,6H2,1H3,(H3,7,8,9,10). The number of aromatic amines is 1. The van der Waals surface area contributed by atoms with Crippen LogP contribution < -0.4 is 16.4 Å². The van der Waals surface area contributed by atoms with Crippen LogP contribution in [-0.2, 0) is 0 Å². The van der Waals surface area contributed by atoms with Crippen molar-refractivity contribution in [3.8, 4) is 0 Å². The van der Waals surface area contributed by atoms with Gasteiger partial charge in [-0.1, -0.05) is 0 Å². The van der Waals surface area contributed by atoms with Crippen molar-refractivity contribution in [2.45, 2.75) is 0 Å². The average Bonchev–Trinajstić information content (AvgIpc) is 2.36. The molecule has 5 N–H and O–H groups in total. The third-order valence-corrected chi connectivity index (χ3v) is 1.30. The van der Waals surface area contributed by atoms with E-state index in [-0.39, 0.29) is 0 Å². The molecule has 1 rings (SSSR count). The highest BCUT2D eigenvalue weighted by molar-refractivity contribution is 5.32. The first kappa shape index (κ1) is 7.80. The van der Waals surface area contributed by atoms with E-state index in [1.54, 1.807) is 0 Å². The number of hydrogen-bond donors (Lipinski definition) is 3. The van der Waals surface area contributed by atoms with Crippen LogP contribution in [0, 0.1) is 0 Å². The number of nitrogens with one attached hydrogen (secondary N) is 1. The molecular formula is C5H12N6. The molecule has 11 heavy (non-hydrogen) atoms. The van der Waals surface area contributed by atoms with E-state index in [0.29, 0.717) is 18.4 Å². The Morgan fingerprint density at radius 2 is 2.36 bits per heavy atom. The first-order valence-electron chi connectivity index (χ1n) is 3.33. The number of rotatable bonds is 3. The Hall–Kier alpha value is -1.30. The number of H-pyrrole nitrogens is 1. The van der Waals surface area contributed by atoms with Crippen LogP contribution in [0.25, 0.3) is 0 Å². The number of anilines is 2. The van der Waals surface area contributed by atoms with Crippen molar-refractivity contribution in [1.29, 1.82) is 0 Å². The molecule has 0 aliphatic carbocycles. The highest BCUT2D eigenvalue weighted by Gasteiger charge is 2.03. The molecule has 1 heterocycles. The van der Waals surface area contributed by atoms with Crippen molar-refractivity contribution in [2.24, 2.45) is 5.73 Å². The maximum Gasteiger partial charge on any atom is 0.246 e. The third kappa shape index (κ3) is 1.81. The van der Waals surface area contributed by atoms with Crippen LogP contribution in [0.1, 0.15) is 0 Å². The summed E-state index contributed by atoms with van der Waals surface area (Å²) in [6.07, 6.45) is 0. The fraction of sp³-hybridized carbons (Fsp3) is 0.600. The lowest BCUT2D eigenvalue weighted by molar-refractivity contribution is 0.849. The molecule has 0 amide bonds. The SMILES string of the molecule is CN(CCN)c1n[nH]c(N)n1. The third-order valence-electron chi connectivity index (χ3n) is 1.30. The van der Waals surface area contributed by atoms with Crippen molar-refractivity contribution in [2.75, 3.05) is 30.8 Å². The predicted octanol–water partition coefficient (Wildman–Crippen LogP) is -1.22. The van der Waals surface area contributed by atoms with E-state index in [2.05, 4.69) is 15.2 Å². The summed E-state index contributed by atoms with van der Waals surface area (Å²) >= 11 is 0. The number of nitrogens with zero attached hydrogens (tertiary/aromatic N) is 3. The molecule has 1 aromatic rings. The van der Waals surface area contributed by atoms with Gasteiger partial charge in [0.15, 0.2) is 0 Å². The molecule has 0 aliphatic rings. The van der Waals surface area contributed by atoms with Gasteiger partial charge in [-0.2, -0.15) is 4.98 Å². The molecule has 62 valence electrons. The van der Waals surface area contributed by atoms with Crippen LogP contribution in [-0.4, -0.2) is 35.3 Å². The van der Waals surface area contributed by atoms with Crippen LogP contribution in [0.2, 0.25) is 0 Å². The van der Waals surface area contributed by atoms with Crippen molar-refractivity contribution in [3.05, 3.63) is 0 Å². The van der Waals surface area contributed by atoms with Crippen LogP contribution >= 0.6 is 0 Å². The maximum absolute atomic E-state index is 5.33. The largest absolute Gasteiger partial charge is 0.368 e. The average molecular weight is 156 g/mol. The van der Waals surface area contributed by atoms with Gasteiger partial charge in [0.2, 0.25) is 11.9 Å². The molecule has 0 aromatic carbocycles. The van der Waals surface area contributed by atoms with Crippen LogP contribution in [0.3, 0.4) is 0 Å². The molecule has 6 heteroatoms. The number of nitrogen functional groups attached to an aromatic ring is 1. The second-order valence-corrected chi connectivity index (χ2v) is 2.23. The van der Waals surface area contributed by atoms with Crippen molar-refractivity contribution >= 4 is 11.9 Å². The quantitative estimate of drug-likeness (QED) is 0.509. The van der Waals surface area contributed by atoms with Crippen LogP contribution in [0.15, 0.2) is 0 Å². The summed E-state index contributed by atoms with van der Waals surface area (Å²) in [5.41, 5.74) is 10.7. The molecule has 0 unspecified atom stereocenters. The zero-order valence-electron chi connectivity index (χ0n) is 6.41.